The highest BCUT2D eigenvalue weighted by molar-refractivity contribution is 5.89. The van der Waals surface area contributed by atoms with Crippen LogP contribution in [0.15, 0.2) is 36.7 Å². The number of anilines is 1. The smallest absolute Gasteiger partial charge is 0.322 e. The van der Waals surface area contributed by atoms with Gasteiger partial charge in [0.1, 0.15) is 5.82 Å². The van der Waals surface area contributed by atoms with Crippen LogP contribution in [0.3, 0.4) is 0 Å². The molecule has 1 atom stereocenters. The standard InChI is InChI=1S/C18H20N4O2/c23-11-16-15-4-2-1-3-12(15)7-8-22(16)18(24)21-14-9-19-17(20-10-14)13-5-6-13/h1-4,9-10,13,16,23H,5-8,11H2,(H,21,24)/t16-/m0/s1. The summed E-state index contributed by atoms with van der Waals surface area (Å²) in [5, 5.41) is 12.6. The third kappa shape index (κ3) is 2.85. The molecule has 0 unspecified atom stereocenters. The highest BCUT2D eigenvalue weighted by Gasteiger charge is 2.30. The topological polar surface area (TPSA) is 78.4 Å². The number of fused-ring (bicyclic) bond motifs is 1. The Hall–Kier alpha value is -2.47. The summed E-state index contributed by atoms with van der Waals surface area (Å²) in [6.45, 7) is 0.483. The number of rotatable bonds is 3. The second-order valence-corrected chi connectivity index (χ2v) is 6.37. The Morgan fingerprint density at radius 2 is 2.00 bits per heavy atom. The first-order valence-electron chi connectivity index (χ1n) is 8.34. The minimum atomic E-state index is -0.318. The van der Waals surface area contributed by atoms with E-state index in [1.54, 1.807) is 17.3 Å². The van der Waals surface area contributed by atoms with Crippen LogP contribution in [-0.4, -0.2) is 39.2 Å². The number of carbonyl (C=O) groups is 1. The van der Waals surface area contributed by atoms with E-state index >= 15 is 0 Å². The van der Waals surface area contributed by atoms with Crippen molar-refractivity contribution >= 4 is 11.7 Å². The molecule has 2 amide bonds. The van der Waals surface area contributed by atoms with Crippen molar-refractivity contribution in [3.05, 3.63) is 53.6 Å². The van der Waals surface area contributed by atoms with E-state index in [0.717, 1.165) is 30.7 Å². The molecule has 1 aliphatic carbocycles. The van der Waals surface area contributed by atoms with Crippen LogP contribution in [0.25, 0.3) is 0 Å². The molecule has 0 bridgehead atoms. The van der Waals surface area contributed by atoms with Crippen molar-refractivity contribution in [1.82, 2.24) is 14.9 Å². The Bertz CT molecular complexity index is 743. The number of benzene rings is 1. The van der Waals surface area contributed by atoms with Gasteiger partial charge in [0.2, 0.25) is 0 Å². The van der Waals surface area contributed by atoms with Crippen LogP contribution in [0.1, 0.15) is 41.8 Å². The number of hydrogen-bond donors (Lipinski definition) is 2. The van der Waals surface area contributed by atoms with E-state index in [0.29, 0.717) is 18.2 Å². The van der Waals surface area contributed by atoms with E-state index in [9.17, 15) is 9.90 Å². The van der Waals surface area contributed by atoms with Gasteiger partial charge in [0.15, 0.2) is 0 Å². The van der Waals surface area contributed by atoms with Crippen molar-refractivity contribution in [2.75, 3.05) is 18.5 Å². The lowest BCUT2D eigenvalue weighted by Crippen LogP contribution is -2.43. The highest BCUT2D eigenvalue weighted by Crippen LogP contribution is 2.37. The molecule has 24 heavy (non-hydrogen) atoms. The maximum atomic E-state index is 12.6. The van der Waals surface area contributed by atoms with Gasteiger partial charge in [-0.1, -0.05) is 24.3 Å². The van der Waals surface area contributed by atoms with E-state index in [2.05, 4.69) is 21.4 Å². The molecule has 2 aromatic rings. The summed E-state index contributed by atoms with van der Waals surface area (Å²) in [6.07, 6.45) is 6.40. The number of amides is 2. The molecule has 0 spiro atoms. The fourth-order valence-electron chi connectivity index (χ4n) is 3.24. The Balaban J connectivity index is 1.49. The maximum Gasteiger partial charge on any atom is 0.322 e. The number of aliphatic hydroxyl groups excluding tert-OH is 1. The monoisotopic (exact) mass is 324 g/mol. The predicted octanol–water partition coefficient (Wildman–Crippen LogP) is 2.48. The Morgan fingerprint density at radius 3 is 2.71 bits per heavy atom. The van der Waals surface area contributed by atoms with Crippen LogP contribution in [-0.2, 0) is 6.42 Å². The lowest BCUT2D eigenvalue weighted by atomic mass is 9.93. The third-order valence-corrected chi connectivity index (χ3v) is 4.71. The van der Waals surface area contributed by atoms with Gasteiger partial charge in [0.25, 0.3) is 0 Å². The molecule has 1 aliphatic heterocycles. The second kappa shape index (κ2) is 6.20. The molecular formula is C18H20N4O2. The predicted molar refractivity (Wildman–Crippen MR) is 89.7 cm³/mol. The first-order chi connectivity index (χ1) is 11.8. The number of urea groups is 1. The average Bonchev–Trinajstić information content (AvgIpc) is 3.46. The molecule has 1 fully saturated rings. The molecule has 6 nitrogen and oxygen atoms in total. The Labute approximate surface area is 140 Å². The SMILES string of the molecule is O=C(Nc1cnc(C2CC2)nc1)N1CCc2ccccc2[C@@H]1CO. The molecule has 0 saturated heterocycles. The van der Waals surface area contributed by atoms with E-state index < -0.39 is 0 Å². The van der Waals surface area contributed by atoms with Crippen molar-refractivity contribution in [2.45, 2.75) is 31.2 Å². The quantitative estimate of drug-likeness (QED) is 0.909. The van der Waals surface area contributed by atoms with Gasteiger partial charge in [-0.25, -0.2) is 14.8 Å². The molecule has 1 aromatic heterocycles. The lowest BCUT2D eigenvalue weighted by molar-refractivity contribution is 0.135. The number of nitrogens with zero attached hydrogens (tertiary/aromatic N) is 3. The summed E-state index contributed by atoms with van der Waals surface area (Å²) in [5.74, 6) is 1.35. The molecule has 2 heterocycles. The normalized spacial score (nSPS) is 19.7. The lowest BCUT2D eigenvalue weighted by Gasteiger charge is -2.36. The van der Waals surface area contributed by atoms with Gasteiger partial charge in [-0.3, -0.25) is 0 Å². The van der Waals surface area contributed by atoms with E-state index in [1.807, 2.05) is 18.2 Å². The van der Waals surface area contributed by atoms with Gasteiger partial charge in [0, 0.05) is 12.5 Å². The highest BCUT2D eigenvalue weighted by atomic mass is 16.3. The summed E-state index contributed by atoms with van der Waals surface area (Å²) < 4.78 is 0. The van der Waals surface area contributed by atoms with Gasteiger partial charge in [0.05, 0.1) is 30.7 Å². The van der Waals surface area contributed by atoms with E-state index in [1.165, 1.54) is 5.56 Å². The van der Waals surface area contributed by atoms with Crippen molar-refractivity contribution in [2.24, 2.45) is 0 Å². The fraction of sp³-hybridized carbons (Fsp3) is 0.389. The molecule has 0 radical (unpaired) electrons. The molecule has 1 saturated carbocycles. The molecule has 1 aromatic carbocycles. The summed E-state index contributed by atoms with van der Waals surface area (Å²) >= 11 is 0. The number of aliphatic hydroxyl groups is 1. The number of aromatic nitrogens is 2. The van der Waals surface area contributed by atoms with Gasteiger partial charge in [-0.05, 0) is 30.4 Å². The fourth-order valence-corrected chi connectivity index (χ4v) is 3.24. The molecule has 6 heteroatoms. The number of carbonyl (C=O) groups excluding carboxylic acids is 1. The van der Waals surface area contributed by atoms with Gasteiger partial charge < -0.3 is 15.3 Å². The van der Waals surface area contributed by atoms with Crippen molar-refractivity contribution < 1.29 is 9.90 Å². The first-order valence-corrected chi connectivity index (χ1v) is 8.34. The molecule has 2 N–H and O–H groups in total. The summed E-state index contributed by atoms with van der Waals surface area (Å²) in [6, 6.07) is 7.41. The minimum absolute atomic E-state index is 0.0957. The largest absolute Gasteiger partial charge is 0.394 e. The number of nitrogens with one attached hydrogen (secondary N) is 1. The van der Waals surface area contributed by atoms with Gasteiger partial charge >= 0.3 is 6.03 Å². The van der Waals surface area contributed by atoms with Gasteiger partial charge in [-0.15, -0.1) is 0 Å². The maximum absolute atomic E-state index is 12.6. The Morgan fingerprint density at radius 1 is 1.25 bits per heavy atom. The van der Waals surface area contributed by atoms with Crippen molar-refractivity contribution in [3.8, 4) is 0 Å². The zero-order chi connectivity index (χ0) is 16.5. The van der Waals surface area contributed by atoms with Crippen LogP contribution in [0.4, 0.5) is 10.5 Å². The van der Waals surface area contributed by atoms with Gasteiger partial charge in [-0.2, -0.15) is 0 Å². The molecule has 124 valence electrons. The van der Waals surface area contributed by atoms with E-state index in [4.69, 9.17) is 0 Å². The van der Waals surface area contributed by atoms with Crippen LogP contribution >= 0.6 is 0 Å². The van der Waals surface area contributed by atoms with Crippen LogP contribution in [0, 0.1) is 0 Å². The molecule has 2 aliphatic rings. The van der Waals surface area contributed by atoms with Crippen LogP contribution in [0.2, 0.25) is 0 Å². The van der Waals surface area contributed by atoms with Crippen molar-refractivity contribution in [1.29, 1.82) is 0 Å². The van der Waals surface area contributed by atoms with Crippen LogP contribution < -0.4 is 5.32 Å². The average molecular weight is 324 g/mol. The minimum Gasteiger partial charge on any atom is -0.394 e. The third-order valence-electron chi connectivity index (χ3n) is 4.71. The second-order valence-electron chi connectivity index (χ2n) is 6.37. The molecule has 4 rings (SSSR count). The summed E-state index contributed by atoms with van der Waals surface area (Å²) in [7, 11) is 0. The number of hydrogen-bond acceptors (Lipinski definition) is 4. The first kappa shape index (κ1) is 15.1. The van der Waals surface area contributed by atoms with Crippen LogP contribution in [0.5, 0.6) is 0 Å². The van der Waals surface area contributed by atoms with E-state index in [-0.39, 0.29) is 18.7 Å². The summed E-state index contributed by atoms with van der Waals surface area (Å²) in [5.41, 5.74) is 2.79. The van der Waals surface area contributed by atoms with Crippen molar-refractivity contribution in [3.63, 3.8) is 0 Å². The Kier molecular flexibility index (Phi) is 3.90. The zero-order valence-corrected chi connectivity index (χ0v) is 13.4. The summed E-state index contributed by atoms with van der Waals surface area (Å²) in [4.78, 5) is 22.9. The molecular weight excluding hydrogens is 304 g/mol. The zero-order valence-electron chi connectivity index (χ0n) is 13.4.